The fourth-order valence-electron chi connectivity index (χ4n) is 0. The summed E-state index contributed by atoms with van der Waals surface area (Å²) < 4.78 is 0. The molecule has 5 heavy (non-hydrogen) atoms. The van der Waals surface area contributed by atoms with Crippen molar-refractivity contribution in [3.63, 3.8) is 0 Å². The van der Waals surface area contributed by atoms with Crippen LogP contribution in [-0.4, -0.2) is 18.5 Å². The van der Waals surface area contributed by atoms with E-state index in [4.69, 9.17) is 7.49 Å². The number of hydrogen-bond donors (Lipinski definition) is 0. The second-order valence-corrected chi connectivity index (χ2v) is 1.87. The predicted octanol–water partition coefficient (Wildman–Crippen LogP) is 0.668. The minimum atomic E-state index is 0.921. The molecule has 0 amide bonds. The Morgan fingerprint density at radius 3 is 2.00 bits per heavy atom. The van der Waals surface area contributed by atoms with Crippen LogP contribution in [0.1, 0.15) is 6.92 Å². The fourth-order valence-corrected chi connectivity index (χ4v) is 0. The summed E-state index contributed by atoms with van der Waals surface area (Å²) in [7, 11) is 5.17. The predicted molar refractivity (Wildman–Crippen MR) is 29.9 cm³/mol. The molecule has 27 valence electrons. The van der Waals surface area contributed by atoms with E-state index in [1.54, 1.807) is 11.8 Å². The standard InChI is InChI=1S/C3H6BS/c1-3(4)5-2/h1-2H3. The van der Waals surface area contributed by atoms with E-state index < -0.39 is 0 Å². The summed E-state index contributed by atoms with van der Waals surface area (Å²) >= 11 is 1.57. The van der Waals surface area contributed by atoms with E-state index in [2.05, 4.69) is 0 Å². The first-order valence-electron chi connectivity index (χ1n) is 1.40. The van der Waals surface area contributed by atoms with E-state index in [1.807, 2.05) is 13.2 Å². The maximum atomic E-state index is 5.17. The van der Waals surface area contributed by atoms with Gasteiger partial charge in [-0.15, -0.1) is 0 Å². The average Bonchev–Trinajstić information content (AvgIpc) is 1.38. The van der Waals surface area contributed by atoms with Crippen LogP contribution in [0.2, 0.25) is 0 Å². The first-order valence-corrected chi connectivity index (χ1v) is 2.63. The zero-order valence-electron chi connectivity index (χ0n) is 3.49. The van der Waals surface area contributed by atoms with Gasteiger partial charge in [-0.2, -0.15) is 0 Å². The minimum absolute atomic E-state index is 0.921. The molecule has 0 saturated heterocycles. The van der Waals surface area contributed by atoms with E-state index in [1.165, 1.54) is 0 Å². The van der Waals surface area contributed by atoms with Gasteiger partial charge in [0.05, 0.1) is 0 Å². The van der Waals surface area contributed by atoms with E-state index in [0.717, 1.165) is 4.80 Å². The summed E-state index contributed by atoms with van der Waals surface area (Å²) in [6, 6.07) is 0. The van der Waals surface area contributed by atoms with Crippen LogP contribution in [0.15, 0.2) is 0 Å². The molecule has 0 fully saturated rings. The molecule has 0 bridgehead atoms. The van der Waals surface area contributed by atoms with Crippen LogP contribution in [0.4, 0.5) is 0 Å². The van der Waals surface area contributed by atoms with Crippen molar-refractivity contribution in [2.45, 2.75) is 6.92 Å². The SMILES string of the molecule is [B]=C(C)SC. The van der Waals surface area contributed by atoms with Crippen molar-refractivity contribution in [2.24, 2.45) is 0 Å². The van der Waals surface area contributed by atoms with Crippen molar-refractivity contribution < 1.29 is 0 Å². The molecule has 0 aliphatic carbocycles. The average molecular weight is 85.0 g/mol. The van der Waals surface area contributed by atoms with Crippen molar-refractivity contribution in [3.05, 3.63) is 0 Å². The number of thioether (sulfide) groups is 1. The summed E-state index contributed by atoms with van der Waals surface area (Å²) in [5.74, 6) is 0. The third-order valence-electron chi connectivity index (χ3n) is 0.322. The molecule has 0 saturated carbocycles. The summed E-state index contributed by atoms with van der Waals surface area (Å²) in [6.07, 6.45) is 1.95. The van der Waals surface area contributed by atoms with Gasteiger partial charge in [-0.3, -0.25) is 0 Å². The molecule has 0 aliphatic rings. The van der Waals surface area contributed by atoms with Gasteiger partial charge < -0.3 is 0 Å². The van der Waals surface area contributed by atoms with Crippen LogP contribution in [0.25, 0.3) is 0 Å². The third kappa shape index (κ3) is 4.28. The first-order chi connectivity index (χ1) is 2.27. The van der Waals surface area contributed by atoms with Gasteiger partial charge in [0.1, 0.15) is 0 Å². The molecular weight excluding hydrogens is 78.9 g/mol. The third-order valence-corrected chi connectivity index (χ3v) is 0.966. The van der Waals surface area contributed by atoms with Crippen LogP contribution in [0, 0.1) is 0 Å². The quantitative estimate of drug-likeness (QED) is 0.421. The molecule has 1 radical (unpaired) electrons. The van der Waals surface area contributed by atoms with Crippen LogP contribution < -0.4 is 0 Å². The van der Waals surface area contributed by atoms with E-state index in [-0.39, 0.29) is 0 Å². The molecule has 0 atom stereocenters. The van der Waals surface area contributed by atoms with Crippen LogP contribution in [0.5, 0.6) is 0 Å². The maximum absolute atomic E-state index is 5.17. The number of hydrogen-bond acceptors (Lipinski definition) is 1. The topological polar surface area (TPSA) is 0 Å². The Balaban J connectivity index is 2.85. The van der Waals surface area contributed by atoms with Gasteiger partial charge in [-0.25, -0.2) is 0 Å². The Bertz CT molecular complexity index is 42.2. The molecule has 0 spiro atoms. The fraction of sp³-hybridized carbons (Fsp3) is 0.667. The van der Waals surface area contributed by atoms with Crippen molar-refractivity contribution in [1.29, 1.82) is 0 Å². The molecule has 0 heterocycles. The molecule has 0 rings (SSSR count). The molecule has 0 aromatic carbocycles. The Morgan fingerprint density at radius 1 is 1.80 bits per heavy atom. The van der Waals surface area contributed by atoms with Crippen molar-refractivity contribution in [3.8, 4) is 0 Å². The molecule has 0 unspecified atom stereocenters. The van der Waals surface area contributed by atoms with Gasteiger partial charge >= 0.3 is 37.2 Å². The van der Waals surface area contributed by atoms with Gasteiger partial charge in [0, 0.05) is 0 Å². The van der Waals surface area contributed by atoms with E-state index >= 15 is 0 Å². The van der Waals surface area contributed by atoms with Gasteiger partial charge in [0.2, 0.25) is 0 Å². The van der Waals surface area contributed by atoms with Gasteiger partial charge in [-0.1, -0.05) is 0 Å². The van der Waals surface area contributed by atoms with Gasteiger partial charge in [0.25, 0.3) is 0 Å². The van der Waals surface area contributed by atoms with E-state index in [0.29, 0.717) is 0 Å². The molecule has 0 aliphatic heterocycles. The normalized spacial score (nSPS) is 7.40. The second kappa shape index (κ2) is 2.52. The Hall–Kier alpha value is 0.285. The van der Waals surface area contributed by atoms with Gasteiger partial charge in [-0.05, 0) is 0 Å². The van der Waals surface area contributed by atoms with Crippen LogP contribution in [-0.2, 0) is 0 Å². The summed E-state index contributed by atoms with van der Waals surface area (Å²) in [6.45, 7) is 1.88. The molecule has 0 aromatic rings. The Morgan fingerprint density at radius 2 is 2.00 bits per heavy atom. The summed E-state index contributed by atoms with van der Waals surface area (Å²) in [5.41, 5.74) is 0. The zero-order chi connectivity index (χ0) is 4.28. The molecule has 0 N–H and O–H groups in total. The molecule has 0 aromatic heterocycles. The number of rotatable bonds is 1. The Labute approximate surface area is 38.0 Å². The summed E-state index contributed by atoms with van der Waals surface area (Å²) in [4.78, 5) is 0.921. The van der Waals surface area contributed by atoms with Crippen molar-refractivity contribution >= 4 is 24.0 Å². The molecule has 2 heteroatoms. The monoisotopic (exact) mass is 85.0 g/mol. The molecular formula is C3H6BS. The van der Waals surface area contributed by atoms with Crippen molar-refractivity contribution in [1.82, 2.24) is 0 Å². The Kier molecular flexibility index (Phi) is 2.66. The summed E-state index contributed by atoms with van der Waals surface area (Å²) in [5, 5.41) is 0. The second-order valence-electron chi connectivity index (χ2n) is 0.815. The van der Waals surface area contributed by atoms with Gasteiger partial charge in [0.15, 0.2) is 0 Å². The van der Waals surface area contributed by atoms with Crippen LogP contribution in [0.3, 0.4) is 0 Å². The zero-order valence-corrected chi connectivity index (χ0v) is 4.30. The van der Waals surface area contributed by atoms with Crippen molar-refractivity contribution in [2.75, 3.05) is 6.26 Å². The molecule has 0 nitrogen and oxygen atoms in total. The van der Waals surface area contributed by atoms with E-state index in [9.17, 15) is 0 Å². The first kappa shape index (κ1) is 5.28. The van der Waals surface area contributed by atoms with Crippen LogP contribution >= 0.6 is 11.8 Å².